The maximum absolute atomic E-state index is 14.1. The van der Waals surface area contributed by atoms with Crippen LogP contribution in [0.1, 0.15) is 30.9 Å². The average molecular weight is 506 g/mol. The molecule has 0 N–H and O–H groups in total. The first-order valence-corrected chi connectivity index (χ1v) is 13.3. The van der Waals surface area contributed by atoms with Gasteiger partial charge in [-0.3, -0.25) is 0 Å². The van der Waals surface area contributed by atoms with Crippen LogP contribution in [0.2, 0.25) is 0 Å². The zero-order chi connectivity index (χ0) is 25.7. The smallest absolute Gasteiger partial charge is 0.217 e. The zero-order valence-corrected chi connectivity index (χ0v) is 22.1. The van der Waals surface area contributed by atoms with E-state index in [1.54, 1.807) is 31.7 Å². The molecule has 0 bridgehead atoms. The molecule has 2 aromatic carbocycles. The van der Waals surface area contributed by atoms with Gasteiger partial charge in [0.15, 0.2) is 0 Å². The van der Waals surface area contributed by atoms with Crippen molar-refractivity contribution in [1.29, 1.82) is 0 Å². The second-order valence-corrected chi connectivity index (χ2v) is 10.6. The maximum atomic E-state index is 14.1. The Morgan fingerprint density at radius 3 is 1.80 bits per heavy atom. The molecule has 0 unspecified atom stereocenters. The van der Waals surface area contributed by atoms with Crippen LogP contribution in [0, 0.1) is 5.92 Å². The van der Waals surface area contributed by atoms with E-state index in [4.69, 9.17) is 18.9 Å². The predicted molar refractivity (Wildman–Crippen MR) is 139 cm³/mol. The lowest BCUT2D eigenvalue weighted by Gasteiger charge is -2.31. The lowest BCUT2D eigenvalue weighted by molar-refractivity contribution is 0.0676. The van der Waals surface area contributed by atoms with Crippen LogP contribution in [0.15, 0.2) is 61.2 Å². The molecule has 2 aromatic rings. The molecule has 8 heteroatoms. The summed E-state index contributed by atoms with van der Waals surface area (Å²) in [7, 11) is 1.13. The van der Waals surface area contributed by atoms with Crippen molar-refractivity contribution in [2.75, 3.05) is 41.2 Å². The standard InChI is InChI=1S/C27H39NO6S/c1-6-7-22(2)27(16-17-34-19-18-31-3)35(29,30)28(20-23-8-12-25(32-4)13-9-23)21-24-10-14-26(33-5)15-11-24/h6,8-15,22,27H,1,7,16-21H2,2-5H3/t22-,27+/m0/s1. The van der Waals surface area contributed by atoms with E-state index in [2.05, 4.69) is 6.58 Å². The molecule has 2 atom stereocenters. The largest absolute Gasteiger partial charge is 0.497 e. The summed E-state index contributed by atoms with van der Waals surface area (Å²) in [6, 6.07) is 14.9. The Hall–Kier alpha value is -2.39. The first-order chi connectivity index (χ1) is 16.8. The number of allylic oxidation sites excluding steroid dienone is 1. The molecule has 0 heterocycles. The highest BCUT2D eigenvalue weighted by atomic mass is 32.2. The fourth-order valence-corrected chi connectivity index (χ4v) is 6.02. The number of hydrogen-bond donors (Lipinski definition) is 0. The maximum Gasteiger partial charge on any atom is 0.217 e. The molecule has 0 radical (unpaired) electrons. The van der Waals surface area contributed by atoms with Crippen molar-refractivity contribution in [2.24, 2.45) is 5.92 Å². The molecule has 0 fully saturated rings. The molecular formula is C27H39NO6S. The Morgan fingerprint density at radius 2 is 1.37 bits per heavy atom. The van der Waals surface area contributed by atoms with E-state index >= 15 is 0 Å². The number of rotatable bonds is 17. The lowest BCUT2D eigenvalue weighted by Crippen LogP contribution is -2.41. The van der Waals surface area contributed by atoms with E-state index in [9.17, 15) is 8.42 Å². The van der Waals surface area contributed by atoms with Crippen molar-refractivity contribution in [2.45, 2.75) is 38.1 Å². The number of methoxy groups -OCH3 is 3. The highest BCUT2D eigenvalue weighted by molar-refractivity contribution is 7.89. The third-order valence-electron chi connectivity index (χ3n) is 5.93. The summed E-state index contributed by atoms with van der Waals surface area (Å²) in [5, 5.41) is -0.612. The van der Waals surface area contributed by atoms with Crippen LogP contribution in [0.4, 0.5) is 0 Å². The van der Waals surface area contributed by atoms with E-state index in [0.717, 1.165) is 22.6 Å². The summed E-state index contributed by atoms with van der Waals surface area (Å²) in [4.78, 5) is 0. The number of benzene rings is 2. The van der Waals surface area contributed by atoms with Crippen molar-refractivity contribution in [3.63, 3.8) is 0 Å². The molecule has 194 valence electrons. The molecule has 35 heavy (non-hydrogen) atoms. The summed E-state index contributed by atoms with van der Waals surface area (Å²) >= 11 is 0. The monoisotopic (exact) mass is 505 g/mol. The lowest BCUT2D eigenvalue weighted by atomic mass is 10.0. The normalized spacial score (nSPS) is 13.4. The minimum absolute atomic E-state index is 0.113. The molecule has 0 aliphatic rings. The van der Waals surface area contributed by atoms with Gasteiger partial charge < -0.3 is 18.9 Å². The van der Waals surface area contributed by atoms with E-state index in [-0.39, 0.29) is 19.0 Å². The van der Waals surface area contributed by atoms with Gasteiger partial charge in [0.25, 0.3) is 0 Å². The van der Waals surface area contributed by atoms with Gasteiger partial charge in [-0.15, -0.1) is 6.58 Å². The summed E-state index contributed by atoms with van der Waals surface area (Å²) in [6.45, 7) is 7.52. The van der Waals surface area contributed by atoms with Gasteiger partial charge in [0.05, 0.1) is 32.7 Å². The first-order valence-electron chi connectivity index (χ1n) is 11.8. The van der Waals surface area contributed by atoms with Crippen LogP contribution >= 0.6 is 0 Å². The van der Waals surface area contributed by atoms with Crippen molar-refractivity contribution in [3.8, 4) is 11.5 Å². The molecular weight excluding hydrogens is 466 g/mol. The van der Waals surface area contributed by atoms with Crippen molar-refractivity contribution >= 4 is 10.0 Å². The molecule has 0 saturated carbocycles. The topological polar surface area (TPSA) is 74.3 Å². The quantitative estimate of drug-likeness (QED) is 0.230. The highest BCUT2D eigenvalue weighted by Crippen LogP contribution is 2.27. The Morgan fingerprint density at radius 1 is 0.857 bits per heavy atom. The van der Waals surface area contributed by atoms with Gasteiger partial charge in [-0.25, -0.2) is 8.42 Å². The summed E-state index contributed by atoms with van der Waals surface area (Å²) < 4.78 is 50.9. The predicted octanol–water partition coefficient (Wildman–Crippen LogP) is 4.67. The Bertz CT molecular complexity index is 926. The molecule has 0 saturated heterocycles. The molecule has 0 spiro atoms. The molecule has 0 aliphatic carbocycles. The SMILES string of the molecule is C=CC[C@H](C)[C@@H](CCOCCOC)S(=O)(=O)N(Cc1ccc(OC)cc1)Cc1ccc(OC)cc1. The van der Waals surface area contributed by atoms with Gasteiger partial charge in [-0.1, -0.05) is 37.3 Å². The minimum atomic E-state index is -3.69. The van der Waals surface area contributed by atoms with E-state index in [0.29, 0.717) is 32.7 Å². The van der Waals surface area contributed by atoms with Gasteiger partial charge in [0.1, 0.15) is 11.5 Å². The molecule has 0 amide bonds. The van der Waals surface area contributed by atoms with Gasteiger partial charge in [-0.05, 0) is 54.2 Å². The Balaban J connectivity index is 2.34. The average Bonchev–Trinajstić information content (AvgIpc) is 2.86. The third kappa shape index (κ3) is 8.96. The highest BCUT2D eigenvalue weighted by Gasteiger charge is 2.35. The van der Waals surface area contributed by atoms with Gasteiger partial charge in [-0.2, -0.15) is 4.31 Å². The Labute approximate surface area is 210 Å². The van der Waals surface area contributed by atoms with Crippen LogP contribution in [-0.2, 0) is 32.6 Å². The third-order valence-corrected chi connectivity index (χ3v) is 8.37. The number of sulfonamides is 1. The summed E-state index contributed by atoms with van der Waals surface area (Å²) in [5.74, 6) is 1.34. The van der Waals surface area contributed by atoms with Crippen molar-refractivity contribution in [1.82, 2.24) is 4.31 Å². The number of ether oxygens (including phenoxy) is 4. The number of nitrogens with zero attached hydrogens (tertiary/aromatic N) is 1. The molecule has 0 aromatic heterocycles. The first kappa shape index (κ1) is 28.8. The zero-order valence-electron chi connectivity index (χ0n) is 21.3. The molecule has 0 aliphatic heterocycles. The second kappa shape index (κ2) is 14.9. The van der Waals surface area contributed by atoms with E-state index < -0.39 is 15.3 Å². The van der Waals surface area contributed by atoms with Crippen molar-refractivity contribution in [3.05, 3.63) is 72.3 Å². The van der Waals surface area contributed by atoms with Crippen LogP contribution in [0.25, 0.3) is 0 Å². The van der Waals surface area contributed by atoms with Crippen LogP contribution < -0.4 is 9.47 Å². The van der Waals surface area contributed by atoms with Crippen LogP contribution in [0.3, 0.4) is 0 Å². The fraction of sp³-hybridized carbons (Fsp3) is 0.481. The van der Waals surface area contributed by atoms with Gasteiger partial charge in [0.2, 0.25) is 10.0 Å². The van der Waals surface area contributed by atoms with Crippen molar-refractivity contribution < 1.29 is 27.4 Å². The van der Waals surface area contributed by atoms with E-state index in [1.807, 2.05) is 55.5 Å². The summed E-state index contributed by atoms with van der Waals surface area (Å²) in [6.07, 6.45) is 2.76. The van der Waals surface area contributed by atoms with Gasteiger partial charge in [0, 0.05) is 26.8 Å². The number of hydrogen-bond acceptors (Lipinski definition) is 6. The molecule has 2 rings (SSSR count). The van der Waals surface area contributed by atoms with Crippen LogP contribution in [0.5, 0.6) is 11.5 Å². The summed E-state index contributed by atoms with van der Waals surface area (Å²) in [5.41, 5.74) is 1.77. The van der Waals surface area contributed by atoms with Gasteiger partial charge >= 0.3 is 0 Å². The molecule has 7 nitrogen and oxygen atoms in total. The van der Waals surface area contributed by atoms with Crippen LogP contribution in [-0.4, -0.2) is 59.1 Å². The minimum Gasteiger partial charge on any atom is -0.497 e. The second-order valence-electron chi connectivity index (χ2n) is 8.44. The Kier molecular flexibility index (Phi) is 12.3. The van der Waals surface area contributed by atoms with E-state index in [1.165, 1.54) is 0 Å². The fourth-order valence-electron chi connectivity index (χ4n) is 3.88.